The van der Waals surface area contributed by atoms with Crippen LogP contribution in [0.5, 0.6) is 0 Å². The fraction of sp³-hybridized carbons (Fsp3) is 0.929. The molecule has 1 unspecified atom stereocenters. The van der Waals surface area contributed by atoms with Crippen molar-refractivity contribution in [3.05, 3.63) is 0 Å². The lowest BCUT2D eigenvalue weighted by atomic mass is 9.99. The predicted octanol–water partition coefficient (Wildman–Crippen LogP) is 1.03. The van der Waals surface area contributed by atoms with Crippen LogP contribution in [0.2, 0.25) is 0 Å². The third-order valence-electron chi connectivity index (χ3n) is 3.68. The molecule has 0 radical (unpaired) electrons. The first kappa shape index (κ1) is 16.4. The summed E-state index contributed by atoms with van der Waals surface area (Å²) < 4.78 is 10.6. The van der Waals surface area contributed by atoms with Gasteiger partial charge >= 0.3 is 5.97 Å². The molecule has 1 atom stereocenters. The molecule has 112 valence electrons. The monoisotopic (exact) mass is 272 g/mol. The van der Waals surface area contributed by atoms with Gasteiger partial charge in [0, 0.05) is 26.2 Å². The van der Waals surface area contributed by atoms with Gasteiger partial charge in [0.1, 0.15) is 5.54 Å². The van der Waals surface area contributed by atoms with Crippen LogP contribution < -0.4 is 5.32 Å². The van der Waals surface area contributed by atoms with Gasteiger partial charge in [0.2, 0.25) is 0 Å². The highest BCUT2D eigenvalue weighted by Gasteiger charge is 2.36. The number of nitrogens with zero attached hydrogens (tertiary/aromatic N) is 1. The molecule has 0 bridgehead atoms. The van der Waals surface area contributed by atoms with Gasteiger partial charge < -0.3 is 19.7 Å². The van der Waals surface area contributed by atoms with Crippen molar-refractivity contribution in [2.24, 2.45) is 0 Å². The molecule has 0 aromatic heterocycles. The summed E-state index contributed by atoms with van der Waals surface area (Å²) in [6.45, 7) is 10.1. The topological polar surface area (TPSA) is 50.8 Å². The van der Waals surface area contributed by atoms with Gasteiger partial charge in [-0.25, -0.2) is 0 Å². The SMILES string of the molecule is CCNC(C)(CN1CCC(OCC)CC1)C(=O)OC. The molecule has 1 saturated heterocycles. The van der Waals surface area contributed by atoms with E-state index in [2.05, 4.69) is 10.2 Å². The molecule has 1 heterocycles. The number of carbonyl (C=O) groups excluding carboxylic acids is 1. The fourth-order valence-electron chi connectivity index (χ4n) is 2.73. The average molecular weight is 272 g/mol. The van der Waals surface area contributed by atoms with Crippen LogP contribution in [-0.2, 0) is 14.3 Å². The van der Waals surface area contributed by atoms with Crippen molar-refractivity contribution in [3.63, 3.8) is 0 Å². The zero-order chi connectivity index (χ0) is 14.3. The maximum Gasteiger partial charge on any atom is 0.327 e. The molecule has 0 aromatic carbocycles. The van der Waals surface area contributed by atoms with E-state index < -0.39 is 5.54 Å². The first-order valence-corrected chi connectivity index (χ1v) is 7.23. The first-order chi connectivity index (χ1) is 9.05. The number of piperidine rings is 1. The maximum atomic E-state index is 11.9. The number of ether oxygens (including phenoxy) is 2. The summed E-state index contributed by atoms with van der Waals surface area (Å²) >= 11 is 0. The van der Waals surface area contributed by atoms with Crippen LogP contribution >= 0.6 is 0 Å². The summed E-state index contributed by atoms with van der Waals surface area (Å²) in [5, 5.41) is 3.25. The molecule has 0 saturated carbocycles. The minimum Gasteiger partial charge on any atom is -0.468 e. The van der Waals surface area contributed by atoms with Crippen LogP contribution in [0, 0.1) is 0 Å². The van der Waals surface area contributed by atoms with Gasteiger partial charge in [0.15, 0.2) is 0 Å². The van der Waals surface area contributed by atoms with Gasteiger partial charge in [-0.15, -0.1) is 0 Å². The second kappa shape index (κ2) is 7.82. The van der Waals surface area contributed by atoms with E-state index in [-0.39, 0.29) is 5.97 Å². The van der Waals surface area contributed by atoms with Crippen molar-refractivity contribution < 1.29 is 14.3 Å². The Bertz CT molecular complexity index is 278. The van der Waals surface area contributed by atoms with Gasteiger partial charge in [0.05, 0.1) is 13.2 Å². The molecule has 1 aliphatic heterocycles. The van der Waals surface area contributed by atoms with E-state index in [1.165, 1.54) is 7.11 Å². The Morgan fingerprint density at radius 2 is 2.00 bits per heavy atom. The number of rotatable bonds is 7. The maximum absolute atomic E-state index is 11.9. The van der Waals surface area contributed by atoms with E-state index in [9.17, 15) is 4.79 Å². The summed E-state index contributed by atoms with van der Waals surface area (Å²) in [6, 6.07) is 0. The van der Waals surface area contributed by atoms with E-state index in [1.54, 1.807) is 0 Å². The number of hydrogen-bond acceptors (Lipinski definition) is 5. The van der Waals surface area contributed by atoms with Crippen molar-refractivity contribution >= 4 is 5.97 Å². The van der Waals surface area contributed by atoms with Gasteiger partial charge in [-0.05, 0) is 33.2 Å². The lowest BCUT2D eigenvalue weighted by molar-refractivity contribution is -0.149. The zero-order valence-electron chi connectivity index (χ0n) is 12.7. The Labute approximate surface area is 116 Å². The smallest absolute Gasteiger partial charge is 0.327 e. The van der Waals surface area contributed by atoms with Crippen molar-refractivity contribution in [1.29, 1.82) is 0 Å². The Balaban J connectivity index is 2.50. The number of likely N-dealkylation sites (tertiary alicyclic amines) is 1. The second-order valence-corrected chi connectivity index (χ2v) is 5.28. The Morgan fingerprint density at radius 1 is 1.37 bits per heavy atom. The quantitative estimate of drug-likeness (QED) is 0.702. The van der Waals surface area contributed by atoms with E-state index >= 15 is 0 Å². The minimum atomic E-state index is -0.623. The molecule has 0 aromatic rings. The average Bonchev–Trinajstić information content (AvgIpc) is 2.40. The highest BCUT2D eigenvalue weighted by molar-refractivity contribution is 5.80. The Hall–Kier alpha value is -0.650. The lowest BCUT2D eigenvalue weighted by Crippen LogP contribution is -2.58. The lowest BCUT2D eigenvalue weighted by Gasteiger charge is -2.37. The van der Waals surface area contributed by atoms with Crippen molar-refractivity contribution in [1.82, 2.24) is 10.2 Å². The largest absolute Gasteiger partial charge is 0.468 e. The number of nitrogens with one attached hydrogen (secondary N) is 1. The van der Waals surface area contributed by atoms with Gasteiger partial charge in [-0.1, -0.05) is 6.92 Å². The molecule has 5 heteroatoms. The predicted molar refractivity (Wildman–Crippen MR) is 75.2 cm³/mol. The van der Waals surface area contributed by atoms with Crippen LogP contribution in [0.25, 0.3) is 0 Å². The number of esters is 1. The van der Waals surface area contributed by atoms with Crippen molar-refractivity contribution in [3.8, 4) is 0 Å². The van der Waals surface area contributed by atoms with Crippen molar-refractivity contribution in [2.75, 3.05) is 39.9 Å². The highest BCUT2D eigenvalue weighted by atomic mass is 16.5. The number of likely N-dealkylation sites (N-methyl/N-ethyl adjacent to an activating group) is 1. The van der Waals surface area contributed by atoms with Crippen LogP contribution in [0.4, 0.5) is 0 Å². The van der Waals surface area contributed by atoms with Crippen molar-refractivity contribution in [2.45, 2.75) is 45.3 Å². The molecule has 0 amide bonds. The van der Waals surface area contributed by atoms with E-state index in [1.807, 2.05) is 20.8 Å². The van der Waals surface area contributed by atoms with E-state index in [0.29, 0.717) is 12.6 Å². The third kappa shape index (κ3) is 4.75. The minimum absolute atomic E-state index is 0.193. The third-order valence-corrected chi connectivity index (χ3v) is 3.68. The standard InChI is InChI=1S/C14H28N2O3/c1-5-15-14(3,13(17)18-4)11-16-9-7-12(8-10-16)19-6-2/h12,15H,5-11H2,1-4H3. The van der Waals surface area contributed by atoms with E-state index in [4.69, 9.17) is 9.47 Å². The molecule has 1 rings (SSSR count). The van der Waals surface area contributed by atoms with Crippen LogP contribution in [0.3, 0.4) is 0 Å². The zero-order valence-corrected chi connectivity index (χ0v) is 12.7. The molecular formula is C14H28N2O3. The van der Waals surface area contributed by atoms with Gasteiger partial charge in [-0.2, -0.15) is 0 Å². The molecule has 0 spiro atoms. The summed E-state index contributed by atoms with van der Waals surface area (Å²) in [5.74, 6) is -0.193. The normalized spacial score (nSPS) is 21.1. The van der Waals surface area contributed by atoms with Crippen LogP contribution in [0.1, 0.15) is 33.6 Å². The summed E-state index contributed by atoms with van der Waals surface area (Å²) in [4.78, 5) is 14.2. The number of carbonyl (C=O) groups is 1. The van der Waals surface area contributed by atoms with Crippen LogP contribution in [0.15, 0.2) is 0 Å². The molecular weight excluding hydrogens is 244 g/mol. The number of methoxy groups -OCH3 is 1. The summed E-state index contributed by atoms with van der Waals surface area (Å²) in [6.07, 6.45) is 2.46. The second-order valence-electron chi connectivity index (χ2n) is 5.28. The molecule has 1 N–H and O–H groups in total. The Kier molecular flexibility index (Phi) is 6.75. The van der Waals surface area contributed by atoms with Gasteiger partial charge in [0.25, 0.3) is 0 Å². The van der Waals surface area contributed by atoms with Gasteiger partial charge in [-0.3, -0.25) is 4.79 Å². The fourth-order valence-corrected chi connectivity index (χ4v) is 2.73. The number of hydrogen-bond donors (Lipinski definition) is 1. The Morgan fingerprint density at radius 3 is 2.47 bits per heavy atom. The summed E-state index contributed by atoms with van der Waals surface area (Å²) in [7, 11) is 1.44. The first-order valence-electron chi connectivity index (χ1n) is 7.23. The highest BCUT2D eigenvalue weighted by Crippen LogP contribution is 2.17. The van der Waals surface area contributed by atoms with Crippen LogP contribution in [-0.4, -0.2) is 62.4 Å². The molecule has 5 nitrogen and oxygen atoms in total. The molecule has 0 aliphatic carbocycles. The summed E-state index contributed by atoms with van der Waals surface area (Å²) in [5.41, 5.74) is -0.623. The molecule has 19 heavy (non-hydrogen) atoms. The van der Waals surface area contributed by atoms with E-state index in [0.717, 1.165) is 39.1 Å². The molecule has 1 aliphatic rings. The molecule has 1 fully saturated rings.